The molecule has 0 aliphatic carbocycles. The summed E-state index contributed by atoms with van der Waals surface area (Å²) in [6.07, 6.45) is 0.930. The van der Waals surface area contributed by atoms with Crippen molar-refractivity contribution in [2.45, 2.75) is 0 Å². The summed E-state index contributed by atoms with van der Waals surface area (Å²) in [6.45, 7) is 0. The number of fused-ring (bicyclic) bond motifs is 1. The Morgan fingerprint density at radius 1 is 1.62 bits per heavy atom. The van der Waals surface area contributed by atoms with Crippen molar-refractivity contribution in [1.29, 1.82) is 0 Å². The molecule has 0 unspecified atom stereocenters. The lowest BCUT2D eigenvalue weighted by molar-refractivity contribution is 0.0688. The monoisotopic (exact) mass is 182 g/mol. The van der Waals surface area contributed by atoms with E-state index in [1.807, 2.05) is 0 Å². The zero-order valence-corrected chi connectivity index (χ0v) is 6.19. The quantitative estimate of drug-likeness (QED) is 0.713. The van der Waals surface area contributed by atoms with Crippen molar-refractivity contribution in [2.75, 3.05) is 0 Å². The van der Waals surface area contributed by atoms with Gasteiger partial charge in [-0.3, -0.25) is 0 Å². The van der Waals surface area contributed by atoms with Gasteiger partial charge >= 0.3 is 5.97 Å². The molecule has 0 bridgehead atoms. The van der Waals surface area contributed by atoms with E-state index in [4.69, 9.17) is 5.11 Å². The standard InChI is InChI=1S/C7H3FN2O3/c8-3-1-4-5(7(11)12)10-13-6(4)9-2-3/h1-2H,(H,11,12). The number of aromatic carboxylic acids is 1. The highest BCUT2D eigenvalue weighted by Gasteiger charge is 2.15. The van der Waals surface area contributed by atoms with E-state index in [-0.39, 0.29) is 16.8 Å². The molecule has 0 amide bonds. The summed E-state index contributed by atoms with van der Waals surface area (Å²) in [7, 11) is 0. The topological polar surface area (TPSA) is 76.2 Å². The highest BCUT2D eigenvalue weighted by atomic mass is 19.1. The third-order valence-corrected chi connectivity index (χ3v) is 1.50. The fourth-order valence-corrected chi connectivity index (χ4v) is 0.961. The number of carboxylic acids is 1. The summed E-state index contributed by atoms with van der Waals surface area (Å²) >= 11 is 0. The molecule has 0 saturated heterocycles. The van der Waals surface area contributed by atoms with E-state index in [2.05, 4.69) is 14.7 Å². The Labute approximate surface area is 70.8 Å². The smallest absolute Gasteiger partial charge is 0.358 e. The van der Waals surface area contributed by atoms with Gasteiger partial charge in [-0.05, 0) is 6.07 Å². The van der Waals surface area contributed by atoms with Crippen LogP contribution in [0.2, 0.25) is 0 Å². The van der Waals surface area contributed by atoms with E-state index in [1.54, 1.807) is 0 Å². The highest BCUT2D eigenvalue weighted by molar-refractivity contribution is 5.98. The van der Waals surface area contributed by atoms with Crippen molar-refractivity contribution in [3.05, 3.63) is 23.8 Å². The van der Waals surface area contributed by atoms with Gasteiger partial charge in [0.05, 0.1) is 11.6 Å². The maximum atomic E-state index is 12.6. The van der Waals surface area contributed by atoms with Gasteiger partial charge in [0, 0.05) is 0 Å². The van der Waals surface area contributed by atoms with Crippen molar-refractivity contribution in [3.63, 3.8) is 0 Å². The number of aromatic nitrogens is 2. The van der Waals surface area contributed by atoms with Crippen molar-refractivity contribution in [1.82, 2.24) is 10.1 Å². The summed E-state index contributed by atoms with van der Waals surface area (Å²) in [4.78, 5) is 14.0. The predicted octanol–water partition coefficient (Wildman–Crippen LogP) is 1.06. The maximum Gasteiger partial charge on any atom is 0.358 e. The van der Waals surface area contributed by atoms with E-state index >= 15 is 0 Å². The third kappa shape index (κ3) is 1.12. The average molecular weight is 182 g/mol. The van der Waals surface area contributed by atoms with Crippen molar-refractivity contribution < 1.29 is 18.8 Å². The normalized spacial score (nSPS) is 10.5. The molecule has 0 aliphatic heterocycles. The van der Waals surface area contributed by atoms with E-state index in [0.717, 1.165) is 12.3 Å². The largest absolute Gasteiger partial charge is 0.476 e. The number of carbonyl (C=O) groups is 1. The molecule has 5 nitrogen and oxygen atoms in total. The molecular weight excluding hydrogens is 179 g/mol. The summed E-state index contributed by atoms with van der Waals surface area (Å²) in [6, 6.07) is 1.02. The van der Waals surface area contributed by atoms with Crippen LogP contribution < -0.4 is 0 Å². The highest BCUT2D eigenvalue weighted by Crippen LogP contribution is 2.16. The fraction of sp³-hybridized carbons (Fsp3) is 0. The lowest BCUT2D eigenvalue weighted by Gasteiger charge is -1.87. The van der Waals surface area contributed by atoms with E-state index in [9.17, 15) is 9.18 Å². The average Bonchev–Trinajstić information content (AvgIpc) is 2.46. The van der Waals surface area contributed by atoms with Gasteiger partial charge < -0.3 is 9.63 Å². The van der Waals surface area contributed by atoms with Crippen LogP contribution in [0.1, 0.15) is 10.5 Å². The number of nitrogens with zero attached hydrogens (tertiary/aromatic N) is 2. The molecule has 1 N–H and O–H groups in total. The van der Waals surface area contributed by atoms with Gasteiger partial charge in [-0.15, -0.1) is 0 Å². The first kappa shape index (κ1) is 7.66. The zero-order chi connectivity index (χ0) is 9.42. The molecule has 0 aliphatic rings. The van der Waals surface area contributed by atoms with E-state index < -0.39 is 11.8 Å². The maximum absolute atomic E-state index is 12.6. The Kier molecular flexibility index (Phi) is 1.48. The summed E-state index contributed by atoms with van der Waals surface area (Å²) in [5.74, 6) is -1.90. The molecule has 13 heavy (non-hydrogen) atoms. The number of hydrogen-bond acceptors (Lipinski definition) is 4. The SMILES string of the molecule is O=C(O)c1noc2ncc(F)cc12. The van der Waals surface area contributed by atoms with Gasteiger partial charge in [-0.1, -0.05) is 5.16 Å². The number of rotatable bonds is 1. The van der Waals surface area contributed by atoms with Gasteiger partial charge in [0.15, 0.2) is 0 Å². The zero-order valence-electron chi connectivity index (χ0n) is 6.19. The number of halogens is 1. The van der Waals surface area contributed by atoms with Crippen molar-refractivity contribution in [2.24, 2.45) is 0 Å². The minimum absolute atomic E-state index is 0.0128. The number of carboxylic acid groups (broad SMARTS) is 1. The summed E-state index contributed by atoms with van der Waals surface area (Å²) in [5, 5.41) is 11.9. The second-order valence-electron chi connectivity index (χ2n) is 2.34. The van der Waals surface area contributed by atoms with Crippen LogP contribution in [0.15, 0.2) is 16.8 Å². The van der Waals surface area contributed by atoms with Crippen LogP contribution in [0, 0.1) is 5.82 Å². The third-order valence-electron chi connectivity index (χ3n) is 1.50. The van der Waals surface area contributed by atoms with Crippen LogP contribution in [0.3, 0.4) is 0 Å². The first-order valence-electron chi connectivity index (χ1n) is 3.32. The Morgan fingerprint density at radius 2 is 2.38 bits per heavy atom. The molecule has 0 atom stereocenters. The molecule has 66 valence electrons. The fourth-order valence-electron chi connectivity index (χ4n) is 0.961. The molecule has 0 aromatic carbocycles. The second kappa shape index (κ2) is 2.51. The molecule has 2 aromatic heterocycles. The van der Waals surface area contributed by atoms with E-state index in [0.29, 0.717) is 0 Å². The van der Waals surface area contributed by atoms with Crippen LogP contribution >= 0.6 is 0 Å². The molecule has 6 heteroatoms. The molecule has 0 spiro atoms. The Morgan fingerprint density at radius 3 is 3.08 bits per heavy atom. The van der Waals surface area contributed by atoms with Crippen LogP contribution in [0.5, 0.6) is 0 Å². The Balaban J connectivity index is 2.79. The van der Waals surface area contributed by atoms with Crippen LogP contribution in [-0.4, -0.2) is 21.2 Å². The van der Waals surface area contributed by atoms with Crippen molar-refractivity contribution >= 4 is 17.1 Å². The molecule has 0 fully saturated rings. The van der Waals surface area contributed by atoms with Gasteiger partial charge in [0.25, 0.3) is 5.71 Å². The Bertz CT molecular complexity index is 480. The first-order valence-corrected chi connectivity index (χ1v) is 3.32. The molecule has 0 saturated carbocycles. The molecule has 2 rings (SSSR count). The van der Waals surface area contributed by atoms with Crippen LogP contribution in [0.4, 0.5) is 4.39 Å². The summed E-state index contributed by atoms with van der Waals surface area (Å²) in [5.41, 5.74) is -0.319. The van der Waals surface area contributed by atoms with Crippen LogP contribution in [0.25, 0.3) is 11.1 Å². The van der Waals surface area contributed by atoms with E-state index in [1.165, 1.54) is 0 Å². The molecular formula is C7H3FN2O3. The predicted molar refractivity (Wildman–Crippen MR) is 38.7 cm³/mol. The lowest BCUT2D eigenvalue weighted by Crippen LogP contribution is -1.96. The van der Waals surface area contributed by atoms with Gasteiger partial charge in [-0.2, -0.15) is 0 Å². The van der Waals surface area contributed by atoms with Gasteiger partial charge in [0.1, 0.15) is 5.82 Å². The summed E-state index contributed by atoms with van der Waals surface area (Å²) < 4.78 is 17.2. The second-order valence-corrected chi connectivity index (χ2v) is 2.34. The van der Waals surface area contributed by atoms with Crippen molar-refractivity contribution in [3.8, 4) is 0 Å². The minimum Gasteiger partial charge on any atom is -0.476 e. The molecule has 0 radical (unpaired) electrons. The number of pyridine rings is 1. The Hall–Kier alpha value is -1.98. The van der Waals surface area contributed by atoms with Crippen LogP contribution in [-0.2, 0) is 0 Å². The first-order chi connectivity index (χ1) is 6.18. The minimum atomic E-state index is -1.27. The molecule has 2 heterocycles. The van der Waals surface area contributed by atoms with Gasteiger partial charge in [-0.25, -0.2) is 14.2 Å². The number of hydrogen-bond donors (Lipinski definition) is 1. The lowest BCUT2D eigenvalue weighted by atomic mass is 10.3. The molecule has 2 aromatic rings. The van der Waals surface area contributed by atoms with Gasteiger partial charge in [0.2, 0.25) is 5.69 Å².